The van der Waals surface area contributed by atoms with Gasteiger partial charge in [-0.2, -0.15) is 0 Å². The van der Waals surface area contributed by atoms with Crippen LogP contribution in [-0.4, -0.2) is 20.7 Å². The summed E-state index contributed by atoms with van der Waals surface area (Å²) in [5.41, 5.74) is 0. The van der Waals surface area contributed by atoms with Gasteiger partial charge in [-0.1, -0.05) is 35.9 Å². The molecule has 1 aromatic carbocycles. The van der Waals surface area contributed by atoms with Crippen molar-refractivity contribution >= 4 is 38.4 Å². The quantitative estimate of drug-likeness (QED) is 0.716. The fraction of sp³-hybridized carbons (Fsp3) is 0.385. The highest BCUT2D eigenvalue weighted by Crippen LogP contribution is 2.27. The molecule has 1 aromatic rings. The number of halogens is 1. The first-order valence-corrected chi connectivity index (χ1v) is 12.3. The summed E-state index contributed by atoms with van der Waals surface area (Å²) < 4.78 is 2.63. The molecule has 0 bridgehead atoms. The van der Waals surface area contributed by atoms with E-state index in [4.69, 9.17) is 11.6 Å². The predicted molar refractivity (Wildman–Crippen MR) is 82.1 cm³/mol. The summed E-state index contributed by atoms with van der Waals surface area (Å²) in [6, 6.07) is 8.96. The van der Waals surface area contributed by atoms with Gasteiger partial charge in [0.1, 0.15) is 0 Å². The number of allylic oxidation sites excluding steroid dienone is 1. The van der Waals surface area contributed by atoms with E-state index in [0.717, 1.165) is 5.03 Å². The molecule has 0 atom stereocenters. The molecule has 92 valence electrons. The van der Waals surface area contributed by atoms with Crippen molar-refractivity contribution in [1.29, 1.82) is 0 Å². The minimum Gasteiger partial charge on any atom is -0.423 e. The Kier molecular flexibility index (Phi) is 3.04. The zero-order valence-electron chi connectivity index (χ0n) is 11.2. The Morgan fingerprint density at radius 1 is 1.06 bits per heavy atom. The standard InChI is InChI=1S/C13H20ClNSi2/c1-11(14)10-15-16(2,3)12-8-6-7-9-13(12)17(15,4)5/h6-10H,1-5H3/b11-10-. The molecule has 4 heteroatoms. The van der Waals surface area contributed by atoms with Gasteiger partial charge in [-0.15, -0.1) is 0 Å². The van der Waals surface area contributed by atoms with Gasteiger partial charge < -0.3 is 4.23 Å². The maximum atomic E-state index is 6.12. The number of hydrogen-bond donors (Lipinski definition) is 0. The summed E-state index contributed by atoms with van der Waals surface area (Å²) in [5.74, 6) is 0. The van der Waals surface area contributed by atoms with E-state index in [9.17, 15) is 0 Å². The van der Waals surface area contributed by atoms with Crippen molar-refractivity contribution in [1.82, 2.24) is 4.23 Å². The van der Waals surface area contributed by atoms with Crippen LogP contribution >= 0.6 is 11.6 Å². The third kappa shape index (κ3) is 1.90. The van der Waals surface area contributed by atoms with Gasteiger partial charge in [-0.05, 0) is 49.7 Å². The minimum absolute atomic E-state index is 0.888. The van der Waals surface area contributed by atoms with Crippen LogP contribution in [0.5, 0.6) is 0 Å². The molecular weight excluding hydrogens is 262 g/mol. The molecule has 0 spiro atoms. The SMILES string of the molecule is C/C(Cl)=C/N1[Si](C)(C)c2ccccc2[Si]1(C)C. The van der Waals surface area contributed by atoms with Crippen molar-refractivity contribution in [2.24, 2.45) is 0 Å². The van der Waals surface area contributed by atoms with Gasteiger partial charge in [0.25, 0.3) is 0 Å². The maximum Gasteiger partial charge on any atom is 0.173 e. The highest BCUT2D eigenvalue weighted by molar-refractivity contribution is 7.10. The highest BCUT2D eigenvalue weighted by Gasteiger charge is 2.50. The topological polar surface area (TPSA) is 3.24 Å². The van der Waals surface area contributed by atoms with E-state index in [1.165, 1.54) is 0 Å². The van der Waals surface area contributed by atoms with Crippen LogP contribution in [0.1, 0.15) is 6.92 Å². The summed E-state index contributed by atoms with van der Waals surface area (Å²) in [6.45, 7) is 11.7. The molecule has 1 aliphatic heterocycles. The van der Waals surface area contributed by atoms with E-state index in [1.807, 2.05) is 6.92 Å². The summed E-state index contributed by atoms with van der Waals surface area (Å²) >= 11 is 6.12. The molecule has 0 amide bonds. The summed E-state index contributed by atoms with van der Waals surface area (Å²) in [4.78, 5) is 0. The molecule has 0 aromatic heterocycles. The number of nitrogens with zero attached hydrogens (tertiary/aromatic N) is 1. The molecule has 0 fully saturated rings. The third-order valence-corrected chi connectivity index (χ3v) is 13.6. The second-order valence-electron chi connectivity index (χ2n) is 5.75. The Morgan fingerprint density at radius 2 is 1.47 bits per heavy atom. The van der Waals surface area contributed by atoms with Gasteiger partial charge in [0, 0.05) is 5.03 Å². The smallest absolute Gasteiger partial charge is 0.173 e. The molecule has 17 heavy (non-hydrogen) atoms. The Labute approximate surface area is 111 Å². The van der Waals surface area contributed by atoms with Crippen LogP contribution in [-0.2, 0) is 0 Å². The minimum atomic E-state index is -1.55. The lowest BCUT2D eigenvalue weighted by molar-refractivity contribution is 0.856. The van der Waals surface area contributed by atoms with Gasteiger partial charge >= 0.3 is 0 Å². The molecule has 1 heterocycles. The van der Waals surface area contributed by atoms with Crippen LogP contribution in [0.15, 0.2) is 35.5 Å². The average Bonchev–Trinajstić information content (AvgIpc) is 2.38. The van der Waals surface area contributed by atoms with Crippen molar-refractivity contribution in [2.75, 3.05) is 0 Å². The first-order valence-electron chi connectivity index (χ1n) is 6.01. The molecule has 2 rings (SSSR count). The van der Waals surface area contributed by atoms with Crippen molar-refractivity contribution in [2.45, 2.75) is 33.1 Å². The predicted octanol–water partition coefficient (Wildman–Crippen LogP) is 2.93. The highest BCUT2D eigenvalue weighted by atomic mass is 35.5. The Hall–Kier alpha value is -0.516. The molecule has 1 nitrogen and oxygen atoms in total. The molecule has 0 radical (unpaired) electrons. The van der Waals surface area contributed by atoms with Crippen LogP contribution in [0.4, 0.5) is 0 Å². The largest absolute Gasteiger partial charge is 0.423 e. The monoisotopic (exact) mass is 281 g/mol. The zero-order valence-corrected chi connectivity index (χ0v) is 14.0. The lowest BCUT2D eigenvalue weighted by Crippen LogP contribution is -2.57. The molecule has 1 aliphatic rings. The molecule has 0 aliphatic carbocycles. The fourth-order valence-electron chi connectivity index (χ4n) is 3.01. The van der Waals surface area contributed by atoms with Gasteiger partial charge in [-0.25, -0.2) is 0 Å². The van der Waals surface area contributed by atoms with Crippen LogP contribution in [0, 0.1) is 0 Å². The van der Waals surface area contributed by atoms with Crippen LogP contribution < -0.4 is 10.4 Å². The van der Waals surface area contributed by atoms with Crippen LogP contribution in [0.2, 0.25) is 26.2 Å². The van der Waals surface area contributed by atoms with E-state index in [1.54, 1.807) is 10.4 Å². The van der Waals surface area contributed by atoms with Crippen LogP contribution in [0.25, 0.3) is 0 Å². The number of rotatable bonds is 1. The lowest BCUT2D eigenvalue weighted by atomic mass is 10.4. The Bertz CT molecular complexity index is 441. The summed E-state index contributed by atoms with van der Waals surface area (Å²) in [5, 5.41) is 4.07. The molecule has 0 saturated heterocycles. The lowest BCUT2D eigenvalue weighted by Gasteiger charge is -2.38. The van der Waals surface area contributed by atoms with E-state index in [2.05, 4.69) is 60.9 Å². The summed E-state index contributed by atoms with van der Waals surface area (Å²) in [7, 11) is -3.11. The van der Waals surface area contributed by atoms with E-state index < -0.39 is 16.5 Å². The number of hydrogen-bond acceptors (Lipinski definition) is 1. The van der Waals surface area contributed by atoms with Crippen molar-refractivity contribution in [3.05, 3.63) is 35.5 Å². The maximum absolute atomic E-state index is 6.12. The Morgan fingerprint density at radius 3 is 1.82 bits per heavy atom. The van der Waals surface area contributed by atoms with Gasteiger partial charge in [0.05, 0.1) is 0 Å². The van der Waals surface area contributed by atoms with Gasteiger partial charge in [-0.3, -0.25) is 0 Å². The second-order valence-corrected chi connectivity index (χ2v) is 15.1. The first-order chi connectivity index (χ1) is 7.78. The number of benzene rings is 1. The normalized spacial score (nSPS) is 21.5. The third-order valence-electron chi connectivity index (χ3n) is 3.76. The second kappa shape index (κ2) is 4.00. The molecule has 0 saturated carbocycles. The average molecular weight is 282 g/mol. The van der Waals surface area contributed by atoms with Crippen molar-refractivity contribution in [3.63, 3.8) is 0 Å². The van der Waals surface area contributed by atoms with E-state index in [0.29, 0.717) is 0 Å². The Balaban J connectivity index is 2.64. The van der Waals surface area contributed by atoms with Crippen LogP contribution in [0.3, 0.4) is 0 Å². The van der Waals surface area contributed by atoms with Crippen molar-refractivity contribution in [3.8, 4) is 0 Å². The van der Waals surface area contributed by atoms with Gasteiger partial charge in [0.15, 0.2) is 16.5 Å². The molecular formula is C13H20ClNSi2. The fourth-order valence-corrected chi connectivity index (χ4v) is 15.5. The van der Waals surface area contributed by atoms with E-state index in [-0.39, 0.29) is 0 Å². The summed E-state index contributed by atoms with van der Waals surface area (Å²) in [6.07, 6.45) is 2.18. The first kappa shape index (κ1) is 12.9. The molecule has 0 unspecified atom stereocenters. The van der Waals surface area contributed by atoms with Gasteiger partial charge in [0.2, 0.25) is 0 Å². The van der Waals surface area contributed by atoms with E-state index >= 15 is 0 Å². The number of fused-ring (bicyclic) bond motifs is 1. The van der Waals surface area contributed by atoms with Crippen molar-refractivity contribution < 1.29 is 0 Å². The zero-order chi connectivity index (χ0) is 12.8. The molecule has 0 N–H and O–H groups in total.